The van der Waals surface area contributed by atoms with Crippen LogP contribution in [0.25, 0.3) is 0 Å². The Kier molecular flexibility index (Phi) is 11.4. The number of phenols is 1. The Morgan fingerprint density at radius 2 is 1.57 bits per heavy atom. The van der Waals surface area contributed by atoms with Crippen LogP contribution in [0.5, 0.6) is 5.75 Å². The van der Waals surface area contributed by atoms with E-state index in [9.17, 15) is 31.9 Å². The summed E-state index contributed by atoms with van der Waals surface area (Å²) in [6.07, 6.45) is 11.3. The van der Waals surface area contributed by atoms with Crippen LogP contribution in [0.1, 0.15) is 146 Å². The SMILES string of the molecule is CC12CCC3c4ccc(O)cc4CCC3C1CCC21CC1.CCCCCCCCCC(CCCC(F)(F)C(F)(F)F)C(=O)O. The fourth-order valence-electron chi connectivity index (χ4n) is 9.22. The minimum Gasteiger partial charge on any atom is -0.508 e. The third-order valence-corrected chi connectivity index (χ3v) is 12.1. The van der Waals surface area contributed by atoms with E-state index in [1.54, 1.807) is 5.56 Å². The van der Waals surface area contributed by atoms with Crippen molar-refractivity contribution in [3.8, 4) is 5.75 Å². The van der Waals surface area contributed by atoms with Crippen molar-refractivity contribution in [3.63, 3.8) is 0 Å². The van der Waals surface area contributed by atoms with Crippen LogP contribution in [0, 0.1) is 28.6 Å². The summed E-state index contributed by atoms with van der Waals surface area (Å²) in [5.41, 5.74) is 4.42. The summed E-state index contributed by atoms with van der Waals surface area (Å²) in [6.45, 7) is 4.75. The molecule has 3 saturated carbocycles. The van der Waals surface area contributed by atoms with Crippen LogP contribution in [-0.4, -0.2) is 28.3 Å². The minimum atomic E-state index is -5.57. The average molecular weight is 629 g/mol. The van der Waals surface area contributed by atoms with Gasteiger partial charge in [0.15, 0.2) is 0 Å². The fourth-order valence-corrected chi connectivity index (χ4v) is 9.22. The smallest absolute Gasteiger partial charge is 0.453 e. The van der Waals surface area contributed by atoms with Crippen molar-refractivity contribution in [2.75, 3.05) is 0 Å². The maximum Gasteiger partial charge on any atom is 0.453 e. The number of carbonyl (C=O) groups is 1. The third-order valence-electron chi connectivity index (χ3n) is 12.1. The Bertz CT molecular complexity index is 1100. The Balaban J connectivity index is 0.000000201. The number of benzene rings is 1. The third kappa shape index (κ3) is 7.74. The molecule has 1 aromatic carbocycles. The lowest BCUT2D eigenvalue weighted by atomic mass is 9.53. The zero-order valence-corrected chi connectivity index (χ0v) is 26.7. The molecule has 4 aliphatic rings. The van der Waals surface area contributed by atoms with Crippen LogP contribution in [0.3, 0.4) is 0 Å². The molecular weight excluding hydrogens is 575 g/mol. The van der Waals surface area contributed by atoms with Crippen LogP contribution >= 0.6 is 0 Å². The molecule has 250 valence electrons. The summed E-state index contributed by atoms with van der Waals surface area (Å²) in [6, 6.07) is 6.16. The van der Waals surface area contributed by atoms with Gasteiger partial charge in [-0.15, -0.1) is 0 Å². The first-order valence-electron chi connectivity index (χ1n) is 17.2. The standard InChI is InChI=1S/C20H26O.C16H27F5O2/c1-19-8-6-16-15-5-3-14(21)12-13(15)2-4-17(16)18(19)7-9-20(19)10-11-20;1-2-3-4-5-6-7-8-10-13(14(22)23)11-9-12-15(17,18)16(19,20)21/h3,5,12,16-18,21H,2,4,6-11H2,1H3;13H,2-12H2,1H3,(H,22,23). The van der Waals surface area contributed by atoms with Gasteiger partial charge in [-0.3, -0.25) is 4.79 Å². The maximum atomic E-state index is 12.8. The molecule has 1 spiro atoms. The molecule has 1 aromatic rings. The number of phenolic OH excluding ortho intramolecular Hbond substituents is 1. The quantitative estimate of drug-likeness (QED) is 0.169. The molecular formula is C36H53F5O3. The van der Waals surface area contributed by atoms with Crippen molar-refractivity contribution in [2.45, 2.75) is 154 Å². The maximum absolute atomic E-state index is 12.8. The summed E-state index contributed by atoms with van der Waals surface area (Å²) in [5, 5.41) is 18.8. The molecule has 0 saturated heterocycles. The molecule has 4 aliphatic carbocycles. The highest BCUT2D eigenvalue weighted by molar-refractivity contribution is 5.69. The van der Waals surface area contributed by atoms with Gasteiger partial charge in [0.1, 0.15) is 5.75 Å². The Labute approximate surface area is 260 Å². The Morgan fingerprint density at radius 1 is 0.909 bits per heavy atom. The van der Waals surface area contributed by atoms with Crippen molar-refractivity contribution in [1.29, 1.82) is 0 Å². The molecule has 3 nitrogen and oxygen atoms in total. The number of aryl methyl sites for hydroxylation is 1. The molecule has 5 atom stereocenters. The summed E-state index contributed by atoms with van der Waals surface area (Å²) >= 11 is 0. The van der Waals surface area contributed by atoms with E-state index in [0.29, 0.717) is 24.0 Å². The molecule has 3 fully saturated rings. The molecule has 0 radical (unpaired) electrons. The molecule has 2 N–H and O–H groups in total. The second kappa shape index (κ2) is 14.3. The second-order valence-electron chi connectivity index (χ2n) is 14.6. The summed E-state index contributed by atoms with van der Waals surface area (Å²) in [5.74, 6) is -3.58. The Hall–Kier alpha value is -1.86. The molecule has 8 heteroatoms. The lowest BCUT2D eigenvalue weighted by Crippen LogP contribution is -2.42. The summed E-state index contributed by atoms with van der Waals surface area (Å²) in [7, 11) is 0. The van der Waals surface area contributed by atoms with Gasteiger partial charge in [-0.1, -0.05) is 64.9 Å². The van der Waals surface area contributed by atoms with Crippen LogP contribution in [0.15, 0.2) is 18.2 Å². The van der Waals surface area contributed by atoms with Gasteiger partial charge in [0, 0.05) is 6.42 Å². The highest BCUT2D eigenvalue weighted by Crippen LogP contribution is 2.75. The number of aliphatic carboxylic acids is 1. The van der Waals surface area contributed by atoms with E-state index in [2.05, 4.69) is 19.9 Å². The highest BCUT2D eigenvalue weighted by atomic mass is 19.4. The molecule has 5 unspecified atom stereocenters. The predicted octanol–water partition coefficient (Wildman–Crippen LogP) is 11.2. The number of carboxylic acid groups (broad SMARTS) is 1. The van der Waals surface area contributed by atoms with Crippen LogP contribution in [-0.2, 0) is 11.2 Å². The number of unbranched alkanes of at least 4 members (excludes halogenated alkanes) is 6. The van der Waals surface area contributed by atoms with Crippen LogP contribution < -0.4 is 0 Å². The van der Waals surface area contributed by atoms with Gasteiger partial charge in [-0.05, 0) is 122 Å². The van der Waals surface area contributed by atoms with E-state index in [1.165, 1.54) is 63.4 Å². The van der Waals surface area contributed by atoms with Crippen molar-refractivity contribution < 1.29 is 37.0 Å². The van der Waals surface area contributed by atoms with Crippen molar-refractivity contribution in [1.82, 2.24) is 0 Å². The number of hydrogen-bond donors (Lipinski definition) is 2. The highest BCUT2D eigenvalue weighted by Gasteiger charge is 2.66. The largest absolute Gasteiger partial charge is 0.508 e. The monoisotopic (exact) mass is 628 g/mol. The van der Waals surface area contributed by atoms with Crippen molar-refractivity contribution >= 4 is 5.97 Å². The summed E-state index contributed by atoms with van der Waals surface area (Å²) < 4.78 is 61.6. The molecule has 0 heterocycles. The number of carboxylic acids is 1. The van der Waals surface area contributed by atoms with Gasteiger partial charge in [0.25, 0.3) is 0 Å². The number of alkyl halides is 5. The zero-order valence-electron chi connectivity index (χ0n) is 26.7. The number of hydrogen-bond acceptors (Lipinski definition) is 2. The molecule has 0 aliphatic heterocycles. The first-order chi connectivity index (χ1) is 20.7. The van der Waals surface area contributed by atoms with Crippen molar-refractivity contribution in [3.05, 3.63) is 29.3 Å². The van der Waals surface area contributed by atoms with E-state index in [-0.39, 0.29) is 6.42 Å². The van der Waals surface area contributed by atoms with E-state index in [1.807, 2.05) is 12.1 Å². The second-order valence-corrected chi connectivity index (χ2v) is 14.6. The topological polar surface area (TPSA) is 57.5 Å². The van der Waals surface area contributed by atoms with E-state index >= 15 is 0 Å². The van der Waals surface area contributed by atoms with Gasteiger partial charge in [-0.25, -0.2) is 0 Å². The van der Waals surface area contributed by atoms with Crippen LogP contribution in [0.4, 0.5) is 22.0 Å². The fraction of sp³-hybridized carbons (Fsp3) is 0.806. The van der Waals surface area contributed by atoms with E-state index < -0.39 is 36.8 Å². The first-order valence-corrected chi connectivity index (χ1v) is 17.2. The number of rotatable bonds is 13. The van der Waals surface area contributed by atoms with Crippen molar-refractivity contribution in [2.24, 2.45) is 28.6 Å². The molecule has 0 bridgehead atoms. The van der Waals surface area contributed by atoms with Gasteiger partial charge in [0.2, 0.25) is 0 Å². The first kappa shape index (κ1) is 35.0. The Morgan fingerprint density at radius 3 is 2.20 bits per heavy atom. The summed E-state index contributed by atoms with van der Waals surface area (Å²) in [4.78, 5) is 11.0. The molecule has 5 rings (SSSR count). The normalized spacial score (nSPS) is 27.5. The van der Waals surface area contributed by atoms with Gasteiger partial charge in [-0.2, -0.15) is 22.0 Å². The number of fused-ring (bicyclic) bond motifs is 6. The van der Waals surface area contributed by atoms with E-state index in [0.717, 1.165) is 55.3 Å². The molecule has 44 heavy (non-hydrogen) atoms. The average Bonchev–Trinajstić information content (AvgIpc) is 3.70. The minimum absolute atomic E-state index is 0.142. The number of aromatic hydroxyl groups is 1. The predicted molar refractivity (Wildman–Crippen MR) is 163 cm³/mol. The zero-order chi connectivity index (χ0) is 32.2. The van der Waals surface area contributed by atoms with Gasteiger partial charge < -0.3 is 10.2 Å². The lowest BCUT2D eigenvalue weighted by molar-refractivity contribution is -0.284. The molecule has 0 aromatic heterocycles. The van der Waals surface area contributed by atoms with Gasteiger partial charge in [0.05, 0.1) is 5.92 Å². The van der Waals surface area contributed by atoms with Crippen LogP contribution in [0.2, 0.25) is 0 Å². The lowest BCUT2D eigenvalue weighted by Gasteiger charge is -2.51. The van der Waals surface area contributed by atoms with E-state index in [4.69, 9.17) is 5.11 Å². The number of halogens is 5. The molecule has 0 amide bonds. The van der Waals surface area contributed by atoms with Gasteiger partial charge >= 0.3 is 18.1 Å².